The Morgan fingerprint density at radius 2 is 1.50 bits per heavy atom. The first kappa shape index (κ1) is 15.2. The fourth-order valence-corrected chi connectivity index (χ4v) is 2.24. The van der Waals surface area contributed by atoms with E-state index in [1.165, 1.54) is 37.1 Å². The highest BCUT2D eigenvalue weighted by molar-refractivity contribution is 5.22. The molecule has 2 nitrogen and oxygen atoms in total. The van der Waals surface area contributed by atoms with Crippen LogP contribution in [-0.2, 0) is 13.0 Å². The van der Waals surface area contributed by atoms with Gasteiger partial charge in [-0.2, -0.15) is 0 Å². The third-order valence-corrected chi connectivity index (χ3v) is 3.17. The normalized spacial score (nSPS) is 11.1. The lowest BCUT2D eigenvalue weighted by molar-refractivity contribution is 0.266. The van der Waals surface area contributed by atoms with Gasteiger partial charge in [-0.1, -0.05) is 38.1 Å². The molecule has 1 aromatic rings. The first-order valence-corrected chi connectivity index (χ1v) is 7.24. The van der Waals surface area contributed by atoms with Crippen molar-refractivity contribution < 1.29 is 0 Å². The Morgan fingerprint density at radius 3 is 2.00 bits per heavy atom. The first-order valence-electron chi connectivity index (χ1n) is 7.24. The summed E-state index contributed by atoms with van der Waals surface area (Å²) >= 11 is 0. The fraction of sp³-hybridized carbons (Fsp3) is 0.625. The summed E-state index contributed by atoms with van der Waals surface area (Å²) in [6.45, 7) is 9.06. The molecule has 0 fully saturated rings. The predicted molar refractivity (Wildman–Crippen MR) is 79.9 cm³/mol. The minimum absolute atomic E-state index is 1.05. The Hall–Kier alpha value is -0.860. The number of rotatable bonds is 9. The molecule has 0 radical (unpaired) electrons. The smallest absolute Gasteiger partial charge is 0.0233 e. The molecule has 0 aliphatic rings. The maximum atomic E-state index is 3.19. The Morgan fingerprint density at radius 1 is 0.944 bits per heavy atom. The van der Waals surface area contributed by atoms with Gasteiger partial charge < -0.3 is 5.32 Å². The van der Waals surface area contributed by atoms with Crippen molar-refractivity contribution in [1.82, 2.24) is 10.2 Å². The van der Waals surface area contributed by atoms with Crippen molar-refractivity contribution in [3.63, 3.8) is 0 Å². The molecule has 0 spiro atoms. The van der Waals surface area contributed by atoms with Crippen LogP contribution in [0.1, 0.15) is 37.8 Å². The van der Waals surface area contributed by atoms with Crippen molar-refractivity contribution in [2.24, 2.45) is 0 Å². The summed E-state index contributed by atoms with van der Waals surface area (Å²) in [5, 5.41) is 3.19. The molecule has 0 aliphatic heterocycles. The van der Waals surface area contributed by atoms with Crippen LogP contribution in [-0.4, -0.2) is 31.6 Å². The zero-order valence-electron chi connectivity index (χ0n) is 12.2. The first-order chi connectivity index (χ1) is 8.80. The second-order valence-electron chi connectivity index (χ2n) is 4.95. The summed E-state index contributed by atoms with van der Waals surface area (Å²) in [7, 11) is 2.00. The average Bonchev–Trinajstić information content (AvgIpc) is 2.38. The molecule has 1 rings (SSSR count). The van der Waals surface area contributed by atoms with E-state index in [4.69, 9.17) is 0 Å². The van der Waals surface area contributed by atoms with Crippen molar-refractivity contribution >= 4 is 0 Å². The van der Waals surface area contributed by atoms with E-state index in [9.17, 15) is 0 Å². The molecule has 0 saturated carbocycles. The molecule has 0 amide bonds. The van der Waals surface area contributed by atoms with Gasteiger partial charge in [0.15, 0.2) is 0 Å². The van der Waals surface area contributed by atoms with E-state index in [1.807, 2.05) is 7.05 Å². The lowest BCUT2D eigenvalue weighted by Gasteiger charge is -2.21. The fourth-order valence-electron chi connectivity index (χ4n) is 2.24. The molecule has 2 heteroatoms. The van der Waals surface area contributed by atoms with E-state index in [-0.39, 0.29) is 0 Å². The van der Waals surface area contributed by atoms with E-state index in [2.05, 4.69) is 48.3 Å². The Labute approximate surface area is 112 Å². The van der Waals surface area contributed by atoms with Gasteiger partial charge in [-0.05, 0) is 57.1 Å². The van der Waals surface area contributed by atoms with Gasteiger partial charge in [-0.15, -0.1) is 0 Å². The lowest BCUT2D eigenvalue weighted by atomic mass is 10.1. The highest BCUT2D eigenvalue weighted by Gasteiger charge is 2.03. The number of likely N-dealkylation sites (N-methyl/N-ethyl adjacent to an activating group) is 1. The van der Waals surface area contributed by atoms with E-state index in [1.54, 1.807) is 0 Å². The van der Waals surface area contributed by atoms with Crippen molar-refractivity contribution in [1.29, 1.82) is 0 Å². The molecule has 0 heterocycles. The van der Waals surface area contributed by atoms with Crippen LogP contribution in [0.2, 0.25) is 0 Å². The predicted octanol–water partition coefficient (Wildman–Crippen LogP) is 3.07. The molecular weight excluding hydrogens is 220 g/mol. The van der Waals surface area contributed by atoms with Crippen LogP contribution in [0, 0.1) is 0 Å². The highest BCUT2D eigenvalue weighted by Crippen LogP contribution is 2.09. The molecule has 0 atom stereocenters. The standard InChI is InChI=1S/C16H28N2/c1-4-12-18(13-5-2)14-16-8-6-15(7-9-16)10-11-17-3/h6-9,17H,4-5,10-14H2,1-3H3. The average molecular weight is 248 g/mol. The van der Waals surface area contributed by atoms with Gasteiger partial charge in [0.05, 0.1) is 0 Å². The molecule has 18 heavy (non-hydrogen) atoms. The molecule has 0 aliphatic carbocycles. The molecule has 0 unspecified atom stereocenters. The Kier molecular flexibility index (Phi) is 7.70. The van der Waals surface area contributed by atoms with Crippen LogP contribution < -0.4 is 5.32 Å². The molecule has 1 aromatic carbocycles. The monoisotopic (exact) mass is 248 g/mol. The summed E-state index contributed by atoms with van der Waals surface area (Å²) in [4.78, 5) is 2.54. The zero-order valence-corrected chi connectivity index (χ0v) is 12.2. The minimum Gasteiger partial charge on any atom is -0.319 e. The lowest BCUT2D eigenvalue weighted by Crippen LogP contribution is -2.24. The summed E-state index contributed by atoms with van der Waals surface area (Å²) in [6, 6.07) is 9.10. The van der Waals surface area contributed by atoms with Gasteiger partial charge in [0.2, 0.25) is 0 Å². The van der Waals surface area contributed by atoms with Crippen molar-refractivity contribution in [3.05, 3.63) is 35.4 Å². The van der Waals surface area contributed by atoms with Gasteiger partial charge in [-0.25, -0.2) is 0 Å². The van der Waals surface area contributed by atoms with Gasteiger partial charge in [-0.3, -0.25) is 4.90 Å². The van der Waals surface area contributed by atoms with Crippen LogP contribution in [0.4, 0.5) is 0 Å². The number of hydrogen-bond donors (Lipinski definition) is 1. The number of hydrogen-bond acceptors (Lipinski definition) is 2. The maximum Gasteiger partial charge on any atom is 0.0233 e. The van der Waals surface area contributed by atoms with Crippen LogP contribution in [0.5, 0.6) is 0 Å². The Bertz CT molecular complexity index is 299. The zero-order chi connectivity index (χ0) is 13.2. The number of nitrogens with zero attached hydrogens (tertiary/aromatic N) is 1. The van der Waals surface area contributed by atoms with Crippen LogP contribution >= 0.6 is 0 Å². The summed E-state index contributed by atoms with van der Waals surface area (Å²) in [5.74, 6) is 0. The van der Waals surface area contributed by atoms with E-state index in [0.717, 1.165) is 19.5 Å². The highest BCUT2D eigenvalue weighted by atomic mass is 15.1. The van der Waals surface area contributed by atoms with E-state index in [0.29, 0.717) is 0 Å². The van der Waals surface area contributed by atoms with E-state index < -0.39 is 0 Å². The molecular formula is C16H28N2. The van der Waals surface area contributed by atoms with Crippen LogP contribution in [0.15, 0.2) is 24.3 Å². The maximum absolute atomic E-state index is 3.19. The largest absolute Gasteiger partial charge is 0.319 e. The number of benzene rings is 1. The molecule has 0 bridgehead atoms. The van der Waals surface area contributed by atoms with Gasteiger partial charge in [0, 0.05) is 6.54 Å². The summed E-state index contributed by atoms with van der Waals surface area (Å²) < 4.78 is 0. The van der Waals surface area contributed by atoms with Crippen molar-refractivity contribution in [2.75, 3.05) is 26.7 Å². The van der Waals surface area contributed by atoms with Gasteiger partial charge in [0.1, 0.15) is 0 Å². The minimum atomic E-state index is 1.05. The summed E-state index contributed by atoms with van der Waals surface area (Å²) in [5.41, 5.74) is 2.86. The van der Waals surface area contributed by atoms with E-state index >= 15 is 0 Å². The Balaban J connectivity index is 2.50. The molecule has 102 valence electrons. The second-order valence-corrected chi connectivity index (χ2v) is 4.95. The van der Waals surface area contributed by atoms with Gasteiger partial charge >= 0.3 is 0 Å². The molecule has 0 aromatic heterocycles. The third-order valence-electron chi connectivity index (χ3n) is 3.17. The number of nitrogens with one attached hydrogen (secondary N) is 1. The van der Waals surface area contributed by atoms with Crippen molar-refractivity contribution in [3.8, 4) is 0 Å². The van der Waals surface area contributed by atoms with Crippen LogP contribution in [0.25, 0.3) is 0 Å². The SMILES string of the molecule is CCCN(CCC)Cc1ccc(CCNC)cc1. The molecule has 1 N–H and O–H groups in total. The third kappa shape index (κ3) is 5.65. The van der Waals surface area contributed by atoms with Crippen molar-refractivity contribution in [2.45, 2.75) is 39.7 Å². The second kappa shape index (κ2) is 9.12. The quantitative estimate of drug-likeness (QED) is 0.722. The van der Waals surface area contributed by atoms with Crippen LogP contribution in [0.3, 0.4) is 0 Å². The summed E-state index contributed by atoms with van der Waals surface area (Å²) in [6.07, 6.45) is 3.59. The van der Waals surface area contributed by atoms with Gasteiger partial charge in [0.25, 0.3) is 0 Å². The molecule has 0 saturated heterocycles. The topological polar surface area (TPSA) is 15.3 Å².